The van der Waals surface area contributed by atoms with E-state index in [0.29, 0.717) is 35.8 Å². The molecule has 1 N–H and O–H groups in total. The molecule has 0 spiro atoms. The lowest BCUT2D eigenvalue weighted by atomic mass is 10.1. The molecule has 0 heterocycles. The Morgan fingerprint density at radius 3 is 2.38 bits per heavy atom. The minimum absolute atomic E-state index is 0.0835. The maximum absolute atomic E-state index is 12.2. The highest BCUT2D eigenvalue weighted by Crippen LogP contribution is 2.36. The smallest absolute Gasteiger partial charge is 0.246 e. The van der Waals surface area contributed by atoms with E-state index in [0.717, 1.165) is 6.42 Å². The van der Waals surface area contributed by atoms with Crippen LogP contribution < -0.4 is 14.8 Å². The van der Waals surface area contributed by atoms with Crippen molar-refractivity contribution in [3.8, 4) is 11.5 Å². The van der Waals surface area contributed by atoms with Crippen molar-refractivity contribution in [2.45, 2.75) is 27.2 Å². The number of benzene rings is 1. The minimum atomic E-state index is -0.139. The molecular formula is C20H30N2O4. The van der Waals surface area contributed by atoms with E-state index in [9.17, 15) is 9.59 Å². The maximum Gasteiger partial charge on any atom is 0.246 e. The summed E-state index contributed by atoms with van der Waals surface area (Å²) in [6.07, 6.45) is 4.14. The number of ketones is 1. The van der Waals surface area contributed by atoms with Gasteiger partial charge in [-0.25, -0.2) is 0 Å². The zero-order chi connectivity index (χ0) is 19.7. The van der Waals surface area contributed by atoms with Crippen LogP contribution in [-0.2, 0) is 9.59 Å². The van der Waals surface area contributed by atoms with E-state index in [1.54, 1.807) is 51.3 Å². The van der Waals surface area contributed by atoms with E-state index in [1.807, 2.05) is 13.8 Å². The topological polar surface area (TPSA) is 67.9 Å². The molecule has 144 valence electrons. The molecule has 0 aliphatic rings. The molecule has 6 nitrogen and oxygen atoms in total. The van der Waals surface area contributed by atoms with E-state index >= 15 is 0 Å². The monoisotopic (exact) mass is 362 g/mol. The summed E-state index contributed by atoms with van der Waals surface area (Å²) in [5.74, 6) is 1.12. The fraction of sp³-hybridized carbons (Fsp3) is 0.500. The Hall–Kier alpha value is -2.50. The van der Waals surface area contributed by atoms with Gasteiger partial charge < -0.3 is 19.7 Å². The number of Topliss-reactive ketones (excluding diaryl/α,β-unsaturated/α-hetero) is 1. The van der Waals surface area contributed by atoms with E-state index in [4.69, 9.17) is 9.47 Å². The zero-order valence-corrected chi connectivity index (χ0v) is 16.6. The number of nitrogens with one attached hydrogen (secondary N) is 1. The predicted octanol–water partition coefficient (Wildman–Crippen LogP) is 3.22. The molecule has 0 bridgehead atoms. The first-order chi connectivity index (χ1) is 12.3. The number of anilines is 1. The van der Waals surface area contributed by atoms with Gasteiger partial charge in [0, 0.05) is 37.7 Å². The van der Waals surface area contributed by atoms with Crippen molar-refractivity contribution in [2.24, 2.45) is 5.92 Å². The van der Waals surface area contributed by atoms with Gasteiger partial charge in [0.1, 0.15) is 17.3 Å². The van der Waals surface area contributed by atoms with Gasteiger partial charge >= 0.3 is 0 Å². The molecule has 1 unspecified atom stereocenters. The van der Waals surface area contributed by atoms with Crippen LogP contribution in [0.2, 0.25) is 0 Å². The van der Waals surface area contributed by atoms with Crippen LogP contribution in [-0.4, -0.2) is 50.9 Å². The number of rotatable bonds is 10. The van der Waals surface area contributed by atoms with Crippen LogP contribution >= 0.6 is 0 Å². The molecule has 0 fully saturated rings. The molecule has 6 heteroatoms. The van der Waals surface area contributed by atoms with Crippen LogP contribution in [0.3, 0.4) is 0 Å². The summed E-state index contributed by atoms with van der Waals surface area (Å²) in [5, 5.41) is 3.26. The van der Waals surface area contributed by atoms with Crippen LogP contribution in [0.1, 0.15) is 32.8 Å². The minimum Gasteiger partial charge on any atom is -0.496 e. The summed E-state index contributed by atoms with van der Waals surface area (Å²) in [5.41, 5.74) is 1.41. The lowest BCUT2D eigenvalue weighted by molar-refractivity contribution is -0.124. The molecule has 0 aliphatic heterocycles. The number of hydrogen-bond donors (Lipinski definition) is 1. The highest BCUT2D eigenvalue weighted by Gasteiger charge is 2.16. The Labute approximate surface area is 156 Å². The van der Waals surface area contributed by atoms with Gasteiger partial charge in [-0.05, 0) is 31.6 Å². The molecule has 0 saturated carbocycles. The highest BCUT2D eigenvalue weighted by atomic mass is 16.5. The van der Waals surface area contributed by atoms with Crippen molar-refractivity contribution in [1.82, 2.24) is 4.90 Å². The standard InChI is InChI=1S/C20H30N2O4/c1-7-12-22(4)19(24)11-8-16-17(25-5)9-10-18(26-6)20(16)21-13-14(2)15(3)23/h8-11,14,21H,7,12-13H2,1-6H3/b11-8+. The molecule has 1 atom stereocenters. The molecule has 1 aromatic carbocycles. The quantitative estimate of drug-likeness (QED) is 0.647. The van der Waals surface area contributed by atoms with Crippen molar-refractivity contribution in [3.63, 3.8) is 0 Å². The summed E-state index contributed by atoms with van der Waals surface area (Å²) in [6.45, 7) is 6.61. The maximum atomic E-state index is 12.2. The van der Waals surface area contributed by atoms with E-state index < -0.39 is 0 Å². The summed E-state index contributed by atoms with van der Waals surface area (Å²) in [4.78, 5) is 25.4. The number of hydrogen-bond acceptors (Lipinski definition) is 5. The summed E-state index contributed by atoms with van der Waals surface area (Å²) in [7, 11) is 4.92. The highest BCUT2D eigenvalue weighted by molar-refractivity contribution is 5.94. The van der Waals surface area contributed by atoms with Gasteiger partial charge in [0.2, 0.25) is 5.91 Å². The van der Waals surface area contributed by atoms with Crippen LogP contribution in [0.25, 0.3) is 6.08 Å². The second-order valence-electron chi connectivity index (χ2n) is 6.24. The summed E-state index contributed by atoms with van der Waals surface area (Å²) in [6, 6.07) is 3.58. The van der Waals surface area contributed by atoms with Gasteiger partial charge in [0.05, 0.1) is 19.9 Å². The number of amides is 1. The Morgan fingerprint density at radius 2 is 1.85 bits per heavy atom. The predicted molar refractivity (Wildman–Crippen MR) is 105 cm³/mol. The Morgan fingerprint density at radius 1 is 1.23 bits per heavy atom. The third-order valence-corrected chi connectivity index (χ3v) is 4.21. The van der Waals surface area contributed by atoms with E-state index in [1.165, 1.54) is 6.08 Å². The molecule has 0 radical (unpaired) electrons. The van der Waals surface area contributed by atoms with Crippen LogP contribution in [0.5, 0.6) is 11.5 Å². The molecular weight excluding hydrogens is 332 g/mol. The number of methoxy groups -OCH3 is 2. The average molecular weight is 362 g/mol. The SMILES string of the molecule is CCCN(C)C(=O)/C=C/c1c(OC)ccc(OC)c1NCC(C)C(C)=O. The Kier molecular flexibility index (Phi) is 8.68. The molecule has 26 heavy (non-hydrogen) atoms. The van der Waals surface area contributed by atoms with Crippen LogP contribution in [0.15, 0.2) is 18.2 Å². The lowest BCUT2D eigenvalue weighted by Gasteiger charge is -2.19. The van der Waals surface area contributed by atoms with E-state index in [-0.39, 0.29) is 17.6 Å². The molecule has 1 rings (SSSR count). The van der Waals surface area contributed by atoms with Crippen molar-refractivity contribution in [3.05, 3.63) is 23.8 Å². The first-order valence-corrected chi connectivity index (χ1v) is 8.78. The van der Waals surface area contributed by atoms with Crippen molar-refractivity contribution in [1.29, 1.82) is 0 Å². The summed E-state index contributed by atoms with van der Waals surface area (Å²) >= 11 is 0. The van der Waals surface area contributed by atoms with Gasteiger partial charge in [-0.3, -0.25) is 9.59 Å². The van der Waals surface area contributed by atoms with Crippen LogP contribution in [0, 0.1) is 5.92 Å². The third kappa shape index (κ3) is 5.79. The van der Waals surface area contributed by atoms with Crippen molar-refractivity contribution in [2.75, 3.05) is 39.7 Å². The molecule has 0 saturated heterocycles. The van der Waals surface area contributed by atoms with Gasteiger partial charge in [-0.2, -0.15) is 0 Å². The largest absolute Gasteiger partial charge is 0.496 e. The number of nitrogens with zero attached hydrogens (tertiary/aromatic N) is 1. The number of ether oxygens (including phenoxy) is 2. The van der Waals surface area contributed by atoms with Crippen molar-refractivity contribution >= 4 is 23.5 Å². The number of likely N-dealkylation sites (N-methyl/N-ethyl adjacent to an activating group) is 1. The fourth-order valence-electron chi connectivity index (χ4n) is 2.40. The molecule has 0 aromatic heterocycles. The van der Waals surface area contributed by atoms with Gasteiger partial charge in [0.15, 0.2) is 0 Å². The van der Waals surface area contributed by atoms with Gasteiger partial charge in [-0.15, -0.1) is 0 Å². The third-order valence-electron chi connectivity index (χ3n) is 4.21. The second-order valence-corrected chi connectivity index (χ2v) is 6.24. The molecule has 1 aromatic rings. The summed E-state index contributed by atoms with van der Waals surface area (Å²) < 4.78 is 10.9. The molecule has 1 amide bonds. The van der Waals surface area contributed by atoms with Crippen LogP contribution in [0.4, 0.5) is 5.69 Å². The van der Waals surface area contributed by atoms with Gasteiger partial charge in [0.25, 0.3) is 0 Å². The lowest BCUT2D eigenvalue weighted by Crippen LogP contribution is -2.25. The van der Waals surface area contributed by atoms with Gasteiger partial charge in [-0.1, -0.05) is 13.8 Å². The Bertz CT molecular complexity index is 655. The number of carbonyl (C=O) groups excluding carboxylic acids is 2. The second kappa shape index (κ2) is 10.5. The number of carbonyl (C=O) groups is 2. The first kappa shape index (κ1) is 21.5. The zero-order valence-electron chi connectivity index (χ0n) is 16.6. The van der Waals surface area contributed by atoms with Crippen molar-refractivity contribution < 1.29 is 19.1 Å². The Balaban J connectivity index is 3.21. The first-order valence-electron chi connectivity index (χ1n) is 8.78. The molecule has 0 aliphatic carbocycles. The fourth-order valence-corrected chi connectivity index (χ4v) is 2.40. The normalized spacial score (nSPS) is 11.9. The average Bonchev–Trinajstić information content (AvgIpc) is 2.63. The van der Waals surface area contributed by atoms with E-state index in [2.05, 4.69) is 5.32 Å².